The fourth-order valence-electron chi connectivity index (χ4n) is 3.27. The molecule has 1 aromatic heterocycles. The third kappa shape index (κ3) is 5.63. The first-order chi connectivity index (χ1) is 14.6. The smallest absolute Gasteiger partial charge is 0.257 e. The maximum absolute atomic E-state index is 12.0. The molecule has 0 saturated carbocycles. The van der Waals surface area contributed by atoms with Crippen LogP contribution >= 0.6 is 38.9 Å². The van der Waals surface area contributed by atoms with Crippen molar-refractivity contribution >= 4 is 60.1 Å². The quantitative estimate of drug-likeness (QED) is 0.521. The first-order valence-corrected chi connectivity index (χ1v) is 11.7. The van der Waals surface area contributed by atoms with E-state index in [-0.39, 0.29) is 12.5 Å². The Morgan fingerprint density at radius 2 is 1.93 bits per heavy atom. The van der Waals surface area contributed by atoms with Gasteiger partial charge < -0.3 is 15.0 Å². The van der Waals surface area contributed by atoms with E-state index in [0.29, 0.717) is 17.3 Å². The van der Waals surface area contributed by atoms with Crippen LogP contribution in [0.25, 0.3) is 10.2 Å². The van der Waals surface area contributed by atoms with Crippen LogP contribution < -0.4 is 15.0 Å². The summed E-state index contributed by atoms with van der Waals surface area (Å²) in [4.78, 5) is 21.4. The Balaban J connectivity index is 1.16. The van der Waals surface area contributed by atoms with E-state index in [9.17, 15) is 4.79 Å². The van der Waals surface area contributed by atoms with Crippen LogP contribution in [0.3, 0.4) is 0 Å². The van der Waals surface area contributed by atoms with Crippen molar-refractivity contribution in [2.45, 2.75) is 0 Å². The SMILES string of the molecule is O=C(COc1ccc(Cl)cc1)NCCN1CCN(c2nc3ccc(Br)cc3s2)CC1. The lowest BCUT2D eigenvalue weighted by atomic mass is 10.3. The zero-order valence-corrected chi connectivity index (χ0v) is 19.5. The molecule has 0 aliphatic carbocycles. The number of carbonyl (C=O) groups excluding carboxylic acids is 1. The van der Waals surface area contributed by atoms with E-state index < -0.39 is 0 Å². The first-order valence-electron chi connectivity index (χ1n) is 9.75. The number of nitrogens with one attached hydrogen (secondary N) is 1. The number of fused-ring (bicyclic) bond motifs is 1. The largest absolute Gasteiger partial charge is 0.484 e. The monoisotopic (exact) mass is 508 g/mol. The van der Waals surface area contributed by atoms with Crippen molar-refractivity contribution in [2.75, 3.05) is 50.8 Å². The molecule has 30 heavy (non-hydrogen) atoms. The number of aromatic nitrogens is 1. The number of ether oxygens (including phenoxy) is 1. The van der Waals surface area contributed by atoms with Crippen molar-refractivity contribution in [1.29, 1.82) is 0 Å². The number of amides is 1. The van der Waals surface area contributed by atoms with E-state index in [1.165, 1.54) is 4.70 Å². The van der Waals surface area contributed by atoms with Crippen molar-refractivity contribution < 1.29 is 9.53 Å². The third-order valence-corrected chi connectivity index (χ3v) is 6.74. The van der Waals surface area contributed by atoms with Crippen molar-refractivity contribution in [3.63, 3.8) is 0 Å². The Morgan fingerprint density at radius 3 is 2.70 bits per heavy atom. The van der Waals surface area contributed by atoms with E-state index in [2.05, 4.69) is 43.2 Å². The molecule has 4 rings (SSSR count). The number of thiazole rings is 1. The van der Waals surface area contributed by atoms with Gasteiger partial charge in [0.05, 0.1) is 10.2 Å². The Kier molecular flexibility index (Phi) is 7.09. The van der Waals surface area contributed by atoms with Crippen molar-refractivity contribution in [3.8, 4) is 5.75 Å². The molecule has 6 nitrogen and oxygen atoms in total. The maximum atomic E-state index is 12.0. The summed E-state index contributed by atoms with van der Waals surface area (Å²) >= 11 is 11.1. The van der Waals surface area contributed by atoms with Gasteiger partial charge in [-0.25, -0.2) is 4.98 Å². The van der Waals surface area contributed by atoms with Crippen LogP contribution in [0.1, 0.15) is 0 Å². The molecule has 158 valence electrons. The highest BCUT2D eigenvalue weighted by Gasteiger charge is 2.19. The average molecular weight is 510 g/mol. The molecule has 0 radical (unpaired) electrons. The minimum Gasteiger partial charge on any atom is -0.484 e. The summed E-state index contributed by atoms with van der Waals surface area (Å²) < 4.78 is 7.74. The maximum Gasteiger partial charge on any atom is 0.257 e. The van der Waals surface area contributed by atoms with Crippen LogP contribution in [0, 0.1) is 0 Å². The number of carbonyl (C=O) groups is 1. The number of piperazine rings is 1. The van der Waals surface area contributed by atoms with Crippen molar-refractivity contribution in [3.05, 3.63) is 52.0 Å². The summed E-state index contributed by atoms with van der Waals surface area (Å²) in [6, 6.07) is 13.2. The summed E-state index contributed by atoms with van der Waals surface area (Å²) in [6.45, 7) is 5.23. The lowest BCUT2D eigenvalue weighted by Gasteiger charge is -2.34. The highest BCUT2D eigenvalue weighted by Crippen LogP contribution is 2.31. The lowest BCUT2D eigenvalue weighted by molar-refractivity contribution is -0.123. The minimum absolute atomic E-state index is 0.00311. The van der Waals surface area contributed by atoms with Gasteiger partial charge in [-0.1, -0.05) is 38.9 Å². The number of rotatable bonds is 7. The molecule has 1 aliphatic rings. The van der Waals surface area contributed by atoms with Gasteiger partial charge in [-0.15, -0.1) is 0 Å². The van der Waals surface area contributed by atoms with Gasteiger partial charge in [0.1, 0.15) is 5.75 Å². The predicted octanol–water partition coefficient (Wildman–Crippen LogP) is 4.03. The van der Waals surface area contributed by atoms with Crippen molar-refractivity contribution in [1.82, 2.24) is 15.2 Å². The van der Waals surface area contributed by atoms with E-state index in [1.807, 2.05) is 6.07 Å². The summed E-state index contributed by atoms with van der Waals surface area (Å²) in [5.74, 6) is 0.511. The second-order valence-electron chi connectivity index (χ2n) is 7.03. The lowest BCUT2D eigenvalue weighted by Crippen LogP contribution is -2.48. The van der Waals surface area contributed by atoms with Gasteiger partial charge in [0.15, 0.2) is 11.7 Å². The normalized spacial score (nSPS) is 14.8. The molecule has 2 aromatic carbocycles. The van der Waals surface area contributed by atoms with Crippen LogP contribution in [-0.4, -0.2) is 61.7 Å². The average Bonchev–Trinajstić information content (AvgIpc) is 3.17. The molecule has 1 N–H and O–H groups in total. The van der Waals surface area contributed by atoms with Crippen LogP contribution in [0.15, 0.2) is 46.9 Å². The standard InChI is InChI=1S/C21H22BrClN4O2S/c22-15-1-6-18-19(13-15)30-21(25-18)27-11-9-26(10-12-27)8-7-24-20(28)14-29-17-4-2-16(23)3-5-17/h1-6,13H,7-12,14H2,(H,24,28). The summed E-state index contributed by atoms with van der Waals surface area (Å²) in [7, 11) is 0. The molecule has 1 amide bonds. The van der Waals surface area contributed by atoms with Crippen LogP contribution in [0.4, 0.5) is 5.13 Å². The number of hydrogen-bond donors (Lipinski definition) is 1. The highest BCUT2D eigenvalue weighted by atomic mass is 79.9. The van der Waals surface area contributed by atoms with Gasteiger partial charge in [-0.3, -0.25) is 9.69 Å². The second kappa shape index (κ2) is 9.96. The summed E-state index contributed by atoms with van der Waals surface area (Å²) in [5.41, 5.74) is 1.05. The molecule has 0 spiro atoms. The molecule has 0 atom stereocenters. The highest BCUT2D eigenvalue weighted by molar-refractivity contribution is 9.10. The molecule has 2 heterocycles. The zero-order chi connectivity index (χ0) is 20.9. The Bertz CT molecular complexity index is 1010. The Labute approximate surface area is 192 Å². The molecule has 0 bridgehead atoms. The molecule has 0 unspecified atom stereocenters. The number of hydrogen-bond acceptors (Lipinski definition) is 6. The second-order valence-corrected chi connectivity index (χ2v) is 9.39. The van der Waals surface area contributed by atoms with Gasteiger partial charge in [0, 0.05) is 48.8 Å². The summed E-state index contributed by atoms with van der Waals surface area (Å²) in [5, 5.41) is 4.64. The van der Waals surface area contributed by atoms with Gasteiger partial charge in [-0.05, 0) is 42.5 Å². The molecule has 1 aliphatic heterocycles. The Morgan fingerprint density at radius 1 is 1.17 bits per heavy atom. The van der Waals surface area contributed by atoms with Crippen LogP contribution in [0.5, 0.6) is 5.75 Å². The van der Waals surface area contributed by atoms with E-state index in [4.69, 9.17) is 21.3 Å². The summed E-state index contributed by atoms with van der Waals surface area (Å²) in [6.07, 6.45) is 0. The van der Waals surface area contributed by atoms with Gasteiger partial charge in [0.25, 0.3) is 5.91 Å². The van der Waals surface area contributed by atoms with Gasteiger partial charge in [-0.2, -0.15) is 0 Å². The molecular formula is C21H22BrClN4O2S. The zero-order valence-electron chi connectivity index (χ0n) is 16.3. The van der Waals surface area contributed by atoms with E-state index in [1.54, 1.807) is 35.6 Å². The molecule has 1 saturated heterocycles. The van der Waals surface area contributed by atoms with E-state index in [0.717, 1.165) is 47.8 Å². The van der Waals surface area contributed by atoms with Crippen molar-refractivity contribution in [2.24, 2.45) is 0 Å². The number of benzene rings is 2. The fourth-order valence-corrected chi connectivity index (χ4v) is 4.96. The number of nitrogens with zero attached hydrogens (tertiary/aromatic N) is 3. The molecule has 9 heteroatoms. The van der Waals surface area contributed by atoms with Gasteiger partial charge >= 0.3 is 0 Å². The first kappa shape index (κ1) is 21.4. The van der Waals surface area contributed by atoms with Gasteiger partial charge in [0.2, 0.25) is 0 Å². The number of anilines is 1. The predicted molar refractivity (Wildman–Crippen MR) is 126 cm³/mol. The molecule has 1 fully saturated rings. The van der Waals surface area contributed by atoms with Crippen LogP contribution in [0.2, 0.25) is 5.02 Å². The fraction of sp³-hybridized carbons (Fsp3) is 0.333. The number of halogens is 2. The van der Waals surface area contributed by atoms with Crippen LogP contribution in [-0.2, 0) is 4.79 Å². The topological polar surface area (TPSA) is 57.7 Å². The van der Waals surface area contributed by atoms with E-state index >= 15 is 0 Å². The molecule has 3 aromatic rings. The third-order valence-electron chi connectivity index (χ3n) is 4.92. The minimum atomic E-state index is -0.121. The Hall–Kier alpha value is -1.87. The molecular weight excluding hydrogens is 488 g/mol.